The summed E-state index contributed by atoms with van der Waals surface area (Å²) in [6.07, 6.45) is 3.02. The summed E-state index contributed by atoms with van der Waals surface area (Å²) in [5.41, 5.74) is 3.53. The second kappa shape index (κ2) is 7.38. The van der Waals surface area contributed by atoms with E-state index in [0.29, 0.717) is 5.56 Å². The van der Waals surface area contributed by atoms with Gasteiger partial charge in [0.25, 0.3) is 0 Å². The van der Waals surface area contributed by atoms with Crippen LogP contribution in [0, 0.1) is 5.82 Å². The molecule has 0 saturated carbocycles. The SMILES string of the molecule is O=C(C=CNc1ccc(F)cc1)c1ccc(-c2ccccc2)cc1. The quantitative estimate of drug-likeness (QED) is 0.511. The average Bonchev–Trinajstić information content (AvgIpc) is 2.64. The molecule has 2 nitrogen and oxygen atoms in total. The molecule has 0 aliphatic carbocycles. The molecule has 0 amide bonds. The Labute approximate surface area is 140 Å². The first-order chi connectivity index (χ1) is 11.7. The van der Waals surface area contributed by atoms with Gasteiger partial charge in [-0.3, -0.25) is 4.79 Å². The van der Waals surface area contributed by atoms with E-state index in [9.17, 15) is 9.18 Å². The molecule has 3 aromatic carbocycles. The third-order valence-corrected chi connectivity index (χ3v) is 3.61. The second-order valence-electron chi connectivity index (χ2n) is 5.29. The number of carbonyl (C=O) groups is 1. The van der Waals surface area contributed by atoms with Crippen molar-refractivity contribution < 1.29 is 9.18 Å². The Morgan fingerprint density at radius 3 is 2.08 bits per heavy atom. The molecule has 0 radical (unpaired) electrons. The number of ketones is 1. The lowest BCUT2D eigenvalue weighted by molar-refractivity contribution is 0.104. The van der Waals surface area contributed by atoms with Crippen molar-refractivity contribution >= 4 is 11.5 Å². The van der Waals surface area contributed by atoms with E-state index in [1.807, 2.05) is 54.6 Å². The van der Waals surface area contributed by atoms with E-state index in [0.717, 1.165) is 16.8 Å². The normalized spacial score (nSPS) is 10.7. The van der Waals surface area contributed by atoms with E-state index in [-0.39, 0.29) is 11.6 Å². The Kier molecular flexibility index (Phi) is 4.82. The maximum absolute atomic E-state index is 12.8. The highest BCUT2D eigenvalue weighted by Crippen LogP contribution is 2.19. The van der Waals surface area contributed by atoms with Crippen LogP contribution in [-0.2, 0) is 0 Å². The molecule has 0 aliphatic heterocycles. The van der Waals surface area contributed by atoms with Crippen molar-refractivity contribution in [2.45, 2.75) is 0 Å². The first-order valence-electron chi connectivity index (χ1n) is 7.61. The molecule has 0 bridgehead atoms. The lowest BCUT2D eigenvalue weighted by Crippen LogP contribution is -1.96. The molecule has 0 saturated heterocycles. The van der Waals surface area contributed by atoms with Gasteiger partial charge < -0.3 is 5.32 Å². The van der Waals surface area contributed by atoms with Crippen LogP contribution >= 0.6 is 0 Å². The Morgan fingerprint density at radius 2 is 1.42 bits per heavy atom. The minimum atomic E-state index is -0.292. The Bertz CT molecular complexity index is 837. The van der Waals surface area contributed by atoms with Crippen LogP contribution in [0.5, 0.6) is 0 Å². The van der Waals surface area contributed by atoms with Gasteiger partial charge >= 0.3 is 0 Å². The van der Waals surface area contributed by atoms with E-state index >= 15 is 0 Å². The molecule has 1 N–H and O–H groups in total. The fourth-order valence-electron chi connectivity index (χ4n) is 2.31. The van der Waals surface area contributed by atoms with Gasteiger partial charge in [-0.05, 0) is 35.4 Å². The molecule has 0 unspecified atom stereocenters. The maximum atomic E-state index is 12.8. The number of rotatable bonds is 5. The van der Waals surface area contributed by atoms with E-state index in [1.165, 1.54) is 18.2 Å². The smallest absolute Gasteiger partial charge is 0.187 e. The third-order valence-electron chi connectivity index (χ3n) is 3.61. The zero-order valence-electron chi connectivity index (χ0n) is 12.9. The Balaban J connectivity index is 1.64. The lowest BCUT2D eigenvalue weighted by atomic mass is 10.0. The lowest BCUT2D eigenvalue weighted by Gasteiger charge is -2.03. The number of nitrogens with one attached hydrogen (secondary N) is 1. The second-order valence-corrected chi connectivity index (χ2v) is 5.29. The summed E-state index contributed by atoms with van der Waals surface area (Å²) in [6, 6.07) is 23.4. The zero-order valence-corrected chi connectivity index (χ0v) is 12.9. The van der Waals surface area contributed by atoms with Gasteiger partial charge in [0.05, 0.1) is 0 Å². The van der Waals surface area contributed by atoms with Gasteiger partial charge in [0, 0.05) is 23.5 Å². The van der Waals surface area contributed by atoms with Crippen molar-refractivity contribution in [2.24, 2.45) is 0 Å². The van der Waals surface area contributed by atoms with Crippen molar-refractivity contribution in [1.29, 1.82) is 0 Å². The van der Waals surface area contributed by atoms with Crippen molar-refractivity contribution in [3.05, 3.63) is 103 Å². The molecule has 0 spiro atoms. The van der Waals surface area contributed by atoms with Crippen LogP contribution in [-0.4, -0.2) is 5.78 Å². The molecule has 0 fully saturated rings. The first kappa shape index (κ1) is 15.7. The van der Waals surface area contributed by atoms with Gasteiger partial charge in [0.2, 0.25) is 0 Å². The summed E-state index contributed by atoms with van der Waals surface area (Å²) in [6.45, 7) is 0. The Morgan fingerprint density at radius 1 is 0.792 bits per heavy atom. The molecule has 0 aromatic heterocycles. The summed E-state index contributed by atoms with van der Waals surface area (Å²) in [4.78, 5) is 12.2. The van der Waals surface area contributed by atoms with E-state index < -0.39 is 0 Å². The number of hydrogen-bond donors (Lipinski definition) is 1. The van der Waals surface area contributed by atoms with Crippen LogP contribution in [0.15, 0.2) is 91.1 Å². The van der Waals surface area contributed by atoms with Crippen LogP contribution in [0.4, 0.5) is 10.1 Å². The topological polar surface area (TPSA) is 29.1 Å². The summed E-state index contributed by atoms with van der Waals surface area (Å²) in [7, 11) is 0. The third kappa shape index (κ3) is 3.96. The van der Waals surface area contributed by atoms with Gasteiger partial charge in [-0.2, -0.15) is 0 Å². The summed E-state index contributed by atoms with van der Waals surface area (Å²) in [5, 5.41) is 2.94. The molecule has 0 heterocycles. The predicted octanol–water partition coefficient (Wildman–Crippen LogP) is 5.30. The molecular weight excluding hydrogens is 301 g/mol. The number of benzene rings is 3. The monoisotopic (exact) mass is 317 g/mol. The summed E-state index contributed by atoms with van der Waals surface area (Å²) >= 11 is 0. The van der Waals surface area contributed by atoms with E-state index in [1.54, 1.807) is 18.3 Å². The van der Waals surface area contributed by atoms with Crippen LogP contribution in [0.2, 0.25) is 0 Å². The zero-order chi connectivity index (χ0) is 16.8. The fraction of sp³-hybridized carbons (Fsp3) is 0. The first-order valence-corrected chi connectivity index (χ1v) is 7.61. The number of halogens is 1. The minimum Gasteiger partial charge on any atom is -0.362 e. The van der Waals surface area contributed by atoms with Gasteiger partial charge in [-0.25, -0.2) is 4.39 Å². The largest absolute Gasteiger partial charge is 0.362 e. The molecule has 0 atom stereocenters. The van der Waals surface area contributed by atoms with Crippen LogP contribution in [0.3, 0.4) is 0 Å². The standard InChI is InChI=1S/C21H16FNO/c22-19-10-12-20(13-11-19)23-15-14-21(24)18-8-6-17(7-9-18)16-4-2-1-3-5-16/h1-15,23H. The van der Waals surface area contributed by atoms with Crippen molar-refractivity contribution in [3.63, 3.8) is 0 Å². The molecular formula is C21H16FNO. The van der Waals surface area contributed by atoms with E-state index in [4.69, 9.17) is 0 Å². The van der Waals surface area contributed by atoms with Gasteiger partial charge in [0.1, 0.15) is 5.82 Å². The number of hydrogen-bond acceptors (Lipinski definition) is 2. The highest BCUT2D eigenvalue weighted by Gasteiger charge is 2.02. The minimum absolute atomic E-state index is 0.0933. The molecule has 0 aliphatic rings. The molecule has 3 aromatic rings. The molecule has 3 heteroatoms. The van der Waals surface area contributed by atoms with Gasteiger partial charge in [-0.15, -0.1) is 0 Å². The van der Waals surface area contributed by atoms with E-state index in [2.05, 4.69) is 5.32 Å². The highest BCUT2D eigenvalue weighted by molar-refractivity contribution is 6.04. The fourth-order valence-corrected chi connectivity index (χ4v) is 2.31. The Hall–Kier alpha value is -3.20. The number of anilines is 1. The van der Waals surface area contributed by atoms with Gasteiger partial charge in [0.15, 0.2) is 5.78 Å². The van der Waals surface area contributed by atoms with Crippen LogP contribution in [0.25, 0.3) is 11.1 Å². The van der Waals surface area contributed by atoms with Crippen LogP contribution < -0.4 is 5.32 Å². The number of carbonyl (C=O) groups excluding carboxylic acids is 1. The molecule has 24 heavy (non-hydrogen) atoms. The van der Waals surface area contributed by atoms with Gasteiger partial charge in [-0.1, -0.05) is 54.6 Å². The average molecular weight is 317 g/mol. The maximum Gasteiger partial charge on any atom is 0.187 e. The molecule has 118 valence electrons. The molecule has 3 rings (SSSR count). The number of allylic oxidation sites excluding steroid dienone is 1. The van der Waals surface area contributed by atoms with Crippen molar-refractivity contribution in [3.8, 4) is 11.1 Å². The van der Waals surface area contributed by atoms with Crippen molar-refractivity contribution in [1.82, 2.24) is 0 Å². The highest BCUT2D eigenvalue weighted by atomic mass is 19.1. The summed E-state index contributed by atoms with van der Waals surface area (Å²) < 4.78 is 12.8. The predicted molar refractivity (Wildman–Crippen MR) is 95.4 cm³/mol. The summed E-state index contributed by atoms with van der Waals surface area (Å²) in [5.74, 6) is -0.386. The van der Waals surface area contributed by atoms with Crippen LogP contribution in [0.1, 0.15) is 10.4 Å². The van der Waals surface area contributed by atoms with Crippen molar-refractivity contribution in [2.75, 3.05) is 5.32 Å².